The average Bonchev–Trinajstić information content (AvgIpc) is 3.24. The maximum Gasteiger partial charge on any atom is 0.416 e. The Morgan fingerprint density at radius 2 is 1.88 bits per heavy atom. The molecule has 4 rings (SSSR count). The Morgan fingerprint density at radius 3 is 2.50 bits per heavy atom. The van der Waals surface area contributed by atoms with Gasteiger partial charge in [0.1, 0.15) is 0 Å². The second-order valence-electron chi connectivity index (χ2n) is 5.92. The molecular formula is C17H12F3N3O3. The molecule has 1 aliphatic rings. The summed E-state index contributed by atoms with van der Waals surface area (Å²) in [7, 11) is 0. The molecular weight excluding hydrogens is 351 g/mol. The van der Waals surface area contributed by atoms with Gasteiger partial charge in [-0.3, -0.25) is 4.79 Å². The fourth-order valence-electron chi connectivity index (χ4n) is 2.69. The van der Waals surface area contributed by atoms with Gasteiger partial charge in [-0.1, -0.05) is 5.16 Å². The van der Waals surface area contributed by atoms with Crippen LogP contribution in [0.25, 0.3) is 11.6 Å². The number of likely N-dealkylation sites (tertiary alicyclic amines) is 1. The van der Waals surface area contributed by atoms with E-state index in [1.165, 1.54) is 23.3 Å². The van der Waals surface area contributed by atoms with Gasteiger partial charge in [0.2, 0.25) is 11.7 Å². The number of carbonyl (C=O) groups is 1. The van der Waals surface area contributed by atoms with Gasteiger partial charge in [0.25, 0.3) is 5.91 Å². The number of hydrogen-bond acceptors (Lipinski definition) is 5. The number of carbonyl (C=O) groups excluding carboxylic acids is 1. The zero-order chi connectivity index (χ0) is 18.3. The van der Waals surface area contributed by atoms with E-state index in [2.05, 4.69) is 10.1 Å². The van der Waals surface area contributed by atoms with Gasteiger partial charge >= 0.3 is 6.18 Å². The Balaban J connectivity index is 1.39. The summed E-state index contributed by atoms with van der Waals surface area (Å²) in [6.07, 6.45) is -2.92. The van der Waals surface area contributed by atoms with E-state index in [0.29, 0.717) is 30.6 Å². The van der Waals surface area contributed by atoms with E-state index in [4.69, 9.17) is 8.94 Å². The Kier molecular flexibility index (Phi) is 3.78. The van der Waals surface area contributed by atoms with Crippen LogP contribution in [0.15, 0.2) is 51.6 Å². The summed E-state index contributed by atoms with van der Waals surface area (Å²) in [5.74, 6) is 0.771. The number of rotatable bonds is 3. The maximum atomic E-state index is 12.6. The van der Waals surface area contributed by atoms with E-state index < -0.39 is 11.7 Å². The van der Waals surface area contributed by atoms with Crippen LogP contribution in [0.1, 0.15) is 27.7 Å². The Labute approximate surface area is 145 Å². The third kappa shape index (κ3) is 2.96. The fraction of sp³-hybridized carbons (Fsp3) is 0.235. The van der Waals surface area contributed by atoms with Gasteiger partial charge in [0.15, 0.2) is 5.76 Å². The summed E-state index contributed by atoms with van der Waals surface area (Å²) in [5, 5.41) is 3.83. The van der Waals surface area contributed by atoms with Crippen molar-refractivity contribution in [2.24, 2.45) is 0 Å². The smallest absolute Gasteiger partial charge is 0.416 e. The van der Waals surface area contributed by atoms with Crippen molar-refractivity contribution < 1.29 is 26.9 Å². The highest BCUT2D eigenvalue weighted by Gasteiger charge is 2.36. The van der Waals surface area contributed by atoms with Gasteiger partial charge < -0.3 is 13.8 Å². The zero-order valence-corrected chi connectivity index (χ0v) is 13.2. The van der Waals surface area contributed by atoms with Crippen molar-refractivity contribution in [2.75, 3.05) is 13.1 Å². The van der Waals surface area contributed by atoms with Gasteiger partial charge in [0, 0.05) is 18.7 Å². The number of aromatic nitrogens is 2. The van der Waals surface area contributed by atoms with Crippen molar-refractivity contribution >= 4 is 5.91 Å². The first-order valence-corrected chi connectivity index (χ1v) is 7.76. The van der Waals surface area contributed by atoms with Crippen LogP contribution in [0.2, 0.25) is 0 Å². The van der Waals surface area contributed by atoms with E-state index in [1.54, 1.807) is 12.1 Å². The summed E-state index contributed by atoms with van der Waals surface area (Å²) in [4.78, 5) is 18.1. The first-order valence-electron chi connectivity index (χ1n) is 7.76. The molecule has 3 aromatic rings. The molecule has 0 bridgehead atoms. The molecule has 0 atom stereocenters. The third-order valence-corrected chi connectivity index (χ3v) is 4.16. The van der Waals surface area contributed by atoms with Gasteiger partial charge in [-0.2, -0.15) is 18.2 Å². The minimum Gasteiger partial charge on any atom is -0.461 e. The summed E-state index contributed by atoms with van der Waals surface area (Å²) in [6.45, 7) is 0.722. The number of hydrogen-bond donors (Lipinski definition) is 0. The van der Waals surface area contributed by atoms with E-state index in [0.717, 1.165) is 12.1 Å². The highest BCUT2D eigenvalue weighted by atomic mass is 19.4. The highest BCUT2D eigenvalue weighted by molar-refractivity contribution is 5.94. The van der Waals surface area contributed by atoms with Crippen molar-refractivity contribution in [1.82, 2.24) is 15.0 Å². The first kappa shape index (κ1) is 16.4. The number of benzene rings is 1. The van der Waals surface area contributed by atoms with E-state index in [-0.39, 0.29) is 17.4 Å². The molecule has 0 saturated carbocycles. The summed E-state index contributed by atoms with van der Waals surface area (Å²) >= 11 is 0. The summed E-state index contributed by atoms with van der Waals surface area (Å²) < 4.78 is 48.1. The molecule has 3 heterocycles. The molecule has 1 aliphatic heterocycles. The molecule has 134 valence electrons. The standard InChI is InChI=1S/C17H12F3N3O3/c18-17(19,20)12-5-3-10(4-6-12)16(24)23-8-11(9-23)15-21-14(22-26-15)13-2-1-7-25-13/h1-7,11H,8-9H2. The molecule has 2 aromatic heterocycles. The molecule has 9 heteroatoms. The number of amides is 1. The van der Waals surface area contributed by atoms with Crippen LogP contribution >= 0.6 is 0 Å². The number of alkyl halides is 3. The predicted octanol–water partition coefficient (Wildman–Crippen LogP) is 3.59. The van der Waals surface area contributed by atoms with Gasteiger partial charge in [-0.05, 0) is 36.4 Å². The van der Waals surface area contributed by atoms with Gasteiger partial charge in [-0.15, -0.1) is 0 Å². The van der Waals surface area contributed by atoms with E-state index in [1.807, 2.05) is 0 Å². The Hall–Kier alpha value is -3.10. The maximum absolute atomic E-state index is 12.6. The van der Waals surface area contributed by atoms with Crippen LogP contribution in [0.5, 0.6) is 0 Å². The molecule has 6 nitrogen and oxygen atoms in total. The lowest BCUT2D eigenvalue weighted by Crippen LogP contribution is -2.48. The van der Waals surface area contributed by atoms with Crippen LogP contribution in [0, 0.1) is 0 Å². The monoisotopic (exact) mass is 363 g/mol. The normalized spacial score (nSPS) is 15.1. The second kappa shape index (κ2) is 6.01. The van der Waals surface area contributed by atoms with Crippen LogP contribution in [-0.2, 0) is 6.18 Å². The molecule has 0 N–H and O–H groups in total. The minimum atomic E-state index is -4.42. The largest absolute Gasteiger partial charge is 0.461 e. The quantitative estimate of drug-likeness (QED) is 0.711. The van der Waals surface area contributed by atoms with Crippen LogP contribution < -0.4 is 0 Å². The third-order valence-electron chi connectivity index (χ3n) is 4.16. The zero-order valence-electron chi connectivity index (χ0n) is 13.2. The summed E-state index contributed by atoms with van der Waals surface area (Å²) in [5.41, 5.74) is -0.579. The second-order valence-corrected chi connectivity index (χ2v) is 5.92. The number of nitrogens with zero attached hydrogens (tertiary/aromatic N) is 3. The highest BCUT2D eigenvalue weighted by Crippen LogP contribution is 2.31. The van der Waals surface area contributed by atoms with Crippen molar-refractivity contribution in [1.29, 1.82) is 0 Å². The van der Waals surface area contributed by atoms with Crippen molar-refractivity contribution in [3.63, 3.8) is 0 Å². The Morgan fingerprint density at radius 1 is 1.15 bits per heavy atom. The van der Waals surface area contributed by atoms with Crippen molar-refractivity contribution in [3.05, 3.63) is 59.7 Å². The van der Waals surface area contributed by atoms with Crippen molar-refractivity contribution in [2.45, 2.75) is 12.1 Å². The van der Waals surface area contributed by atoms with Gasteiger partial charge in [-0.25, -0.2) is 0 Å². The van der Waals surface area contributed by atoms with Crippen LogP contribution in [0.4, 0.5) is 13.2 Å². The SMILES string of the molecule is O=C(c1ccc(C(F)(F)F)cc1)N1CC(c2nc(-c3ccco3)no2)C1. The molecule has 0 aliphatic carbocycles. The topological polar surface area (TPSA) is 72.4 Å². The average molecular weight is 363 g/mol. The predicted molar refractivity (Wildman–Crippen MR) is 82.1 cm³/mol. The first-order chi connectivity index (χ1) is 12.4. The number of halogens is 3. The van der Waals surface area contributed by atoms with E-state index >= 15 is 0 Å². The molecule has 1 fully saturated rings. The summed E-state index contributed by atoms with van der Waals surface area (Å²) in [6, 6.07) is 7.58. The van der Waals surface area contributed by atoms with Gasteiger partial charge in [0.05, 0.1) is 17.7 Å². The lowest BCUT2D eigenvalue weighted by Gasteiger charge is -2.37. The molecule has 26 heavy (non-hydrogen) atoms. The molecule has 1 aromatic carbocycles. The lowest BCUT2D eigenvalue weighted by molar-refractivity contribution is -0.137. The molecule has 0 unspecified atom stereocenters. The molecule has 1 saturated heterocycles. The fourth-order valence-corrected chi connectivity index (χ4v) is 2.69. The molecule has 1 amide bonds. The lowest BCUT2D eigenvalue weighted by atomic mass is 9.98. The van der Waals surface area contributed by atoms with E-state index in [9.17, 15) is 18.0 Å². The minimum absolute atomic E-state index is 0.107. The Bertz CT molecular complexity index is 911. The number of furan rings is 1. The molecule has 0 spiro atoms. The van der Waals surface area contributed by atoms with Crippen molar-refractivity contribution in [3.8, 4) is 11.6 Å². The molecule has 0 radical (unpaired) electrons. The van der Waals surface area contributed by atoms with Crippen LogP contribution in [-0.4, -0.2) is 34.0 Å². The van der Waals surface area contributed by atoms with Crippen LogP contribution in [0.3, 0.4) is 0 Å².